The van der Waals surface area contributed by atoms with Gasteiger partial charge >= 0.3 is 0 Å². The van der Waals surface area contributed by atoms with E-state index in [1.165, 1.54) is 0 Å². The Bertz CT molecular complexity index is 283. The SMILES string of the molecule is COCC(C)NC(=O)CNC1CCN(C)C1=O. The predicted molar refractivity (Wildman–Crippen MR) is 63.5 cm³/mol. The van der Waals surface area contributed by atoms with Gasteiger partial charge < -0.3 is 15.0 Å². The quantitative estimate of drug-likeness (QED) is 0.625. The van der Waals surface area contributed by atoms with Crippen LogP contribution < -0.4 is 10.6 Å². The Balaban J connectivity index is 2.22. The lowest BCUT2D eigenvalue weighted by Gasteiger charge is -2.15. The van der Waals surface area contributed by atoms with Gasteiger partial charge in [-0.2, -0.15) is 0 Å². The summed E-state index contributed by atoms with van der Waals surface area (Å²) in [5.74, 6) is -0.0559. The molecule has 17 heavy (non-hydrogen) atoms. The van der Waals surface area contributed by atoms with E-state index in [0.29, 0.717) is 6.61 Å². The first-order chi connectivity index (χ1) is 8.04. The van der Waals surface area contributed by atoms with Gasteiger partial charge in [-0.15, -0.1) is 0 Å². The van der Waals surface area contributed by atoms with Gasteiger partial charge in [-0.25, -0.2) is 0 Å². The second-order valence-corrected chi connectivity index (χ2v) is 4.41. The number of likely N-dealkylation sites (tertiary alicyclic amines) is 1. The summed E-state index contributed by atoms with van der Waals surface area (Å²) < 4.78 is 4.92. The molecule has 0 aromatic rings. The molecular weight excluding hydrogens is 222 g/mol. The maximum absolute atomic E-state index is 11.6. The normalized spacial score (nSPS) is 21.7. The van der Waals surface area contributed by atoms with Gasteiger partial charge in [0.1, 0.15) is 0 Å². The molecule has 0 spiro atoms. The van der Waals surface area contributed by atoms with Crippen molar-refractivity contribution in [2.24, 2.45) is 0 Å². The number of rotatable bonds is 6. The van der Waals surface area contributed by atoms with Gasteiger partial charge in [0.05, 0.1) is 19.2 Å². The van der Waals surface area contributed by atoms with E-state index in [4.69, 9.17) is 4.74 Å². The Morgan fingerprint density at radius 3 is 2.88 bits per heavy atom. The van der Waals surface area contributed by atoms with Crippen molar-refractivity contribution in [3.8, 4) is 0 Å². The number of ether oxygens (including phenoxy) is 1. The fraction of sp³-hybridized carbons (Fsp3) is 0.818. The fourth-order valence-electron chi connectivity index (χ4n) is 1.85. The highest BCUT2D eigenvalue weighted by Crippen LogP contribution is 2.07. The number of methoxy groups -OCH3 is 1. The third-order valence-electron chi connectivity index (χ3n) is 2.76. The maximum Gasteiger partial charge on any atom is 0.239 e. The van der Waals surface area contributed by atoms with Crippen LogP contribution in [-0.2, 0) is 14.3 Å². The van der Waals surface area contributed by atoms with Crippen LogP contribution in [0.5, 0.6) is 0 Å². The molecule has 2 amide bonds. The third-order valence-corrected chi connectivity index (χ3v) is 2.76. The Kier molecular flexibility index (Phi) is 5.37. The standard InChI is InChI=1S/C11H21N3O3/c1-8(7-17-3)13-10(15)6-12-9-4-5-14(2)11(9)16/h8-9,12H,4-7H2,1-3H3,(H,13,15). The van der Waals surface area contributed by atoms with Gasteiger partial charge in [0.15, 0.2) is 0 Å². The highest BCUT2D eigenvalue weighted by atomic mass is 16.5. The number of nitrogens with zero attached hydrogens (tertiary/aromatic N) is 1. The number of hydrogen-bond donors (Lipinski definition) is 2. The second-order valence-electron chi connectivity index (χ2n) is 4.41. The lowest BCUT2D eigenvalue weighted by atomic mass is 10.2. The van der Waals surface area contributed by atoms with Crippen molar-refractivity contribution in [1.29, 1.82) is 0 Å². The molecule has 0 aromatic heterocycles. The zero-order valence-electron chi connectivity index (χ0n) is 10.7. The van der Waals surface area contributed by atoms with Crippen LogP contribution in [0.2, 0.25) is 0 Å². The summed E-state index contributed by atoms with van der Waals surface area (Å²) in [6, 6.07) is -0.236. The van der Waals surface area contributed by atoms with Crippen LogP contribution in [0.25, 0.3) is 0 Å². The van der Waals surface area contributed by atoms with E-state index in [1.807, 2.05) is 6.92 Å². The minimum absolute atomic E-state index is 0.0174. The van der Waals surface area contributed by atoms with E-state index in [1.54, 1.807) is 19.1 Å². The predicted octanol–water partition coefficient (Wildman–Crippen LogP) is -1.04. The molecule has 2 unspecified atom stereocenters. The largest absolute Gasteiger partial charge is 0.383 e. The minimum Gasteiger partial charge on any atom is -0.383 e. The highest BCUT2D eigenvalue weighted by Gasteiger charge is 2.28. The zero-order chi connectivity index (χ0) is 12.8. The van der Waals surface area contributed by atoms with E-state index < -0.39 is 0 Å². The number of amides is 2. The molecular formula is C11H21N3O3. The number of carbonyl (C=O) groups excluding carboxylic acids is 2. The fourth-order valence-corrected chi connectivity index (χ4v) is 1.85. The van der Waals surface area contributed by atoms with Crippen LogP contribution in [0.15, 0.2) is 0 Å². The average Bonchev–Trinajstić information content (AvgIpc) is 2.57. The summed E-state index contributed by atoms with van der Waals surface area (Å²) >= 11 is 0. The summed E-state index contributed by atoms with van der Waals surface area (Å²) in [6.45, 7) is 3.27. The summed E-state index contributed by atoms with van der Waals surface area (Å²) in [6.07, 6.45) is 0.760. The molecule has 0 aliphatic carbocycles. The van der Waals surface area contributed by atoms with Gasteiger partial charge in [0.25, 0.3) is 0 Å². The van der Waals surface area contributed by atoms with Crippen LogP contribution >= 0.6 is 0 Å². The molecule has 2 N–H and O–H groups in total. The third kappa shape index (κ3) is 4.32. The van der Waals surface area contributed by atoms with E-state index >= 15 is 0 Å². The van der Waals surface area contributed by atoms with E-state index in [-0.39, 0.29) is 30.4 Å². The molecule has 0 saturated carbocycles. The monoisotopic (exact) mass is 243 g/mol. The first-order valence-electron chi connectivity index (χ1n) is 5.81. The molecule has 0 bridgehead atoms. The Labute approximate surface area is 102 Å². The average molecular weight is 243 g/mol. The molecule has 0 aromatic carbocycles. The zero-order valence-corrected chi connectivity index (χ0v) is 10.7. The molecule has 1 aliphatic heterocycles. The smallest absolute Gasteiger partial charge is 0.239 e. The molecule has 6 nitrogen and oxygen atoms in total. The van der Waals surface area contributed by atoms with Gasteiger partial charge in [0, 0.05) is 26.7 Å². The highest BCUT2D eigenvalue weighted by molar-refractivity contribution is 5.85. The van der Waals surface area contributed by atoms with Crippen molar-refractivity contribution in [3.05, 3.63) is 0 Å². The van der Waals surface area contributed by atoms with Crippen LogP contribution in [0, 0.1) is 0 Å². The maximum atomic E-state index is 11.6. The molecule has 0 radical (unpaired) electrons. The first-order valence-corrected chi connectivity index (χ1v) is 5.81. The van der Waals surface area contributed by atoms with Crippen molar-refractivity contribution >= 4 is 11.8 Å². The summed E-state index contributed by atoms with van der Waals surface area (Å²) in [5.41, 5.74) is 0. The van der Waals surface area contributed by atoms with E-state index in [2.05, 4.69) is 10.6 Å². The van der Waals surface area contributed by atoms with Crippen molar-refractivity contribution in [2.75, 3.05) is 33.9 Å². The van der Waals surface area contributed by atoms with Crippen LogP contribution in [0.4, 0.5) is 0 Å². The molecule has 1 rings (SSSR count). The molecule has 98 valence electrons. The van der Waals surface area contributed by atoms with E-state index in [0.717, 1.165) is 13.0 Å². The van der Waals surface area contributed by atoms with Crippen molar-refractivity contribution in [1.82, 2.24) is 15.5 Å². The van der Waals surface area contributed by atoms with Gasteiger partial charge in [-0.3, -0.25) is 14.9 Å². The second kappa shape index (κ2) is 6.56. The molecule has 6 heteroatoms. The molecule has 1 fully saturated rings. The van der Waals surface area contributed by atoms with Crippen molar-refractivity contribution in [2.45, 2.75) is 25.4 Å². The Hall–Kier alpha value is -1.14. The lowest BCUT2D eigenvalue weighted by Crippen LogP contribution is -2.45. The lowest BCUT2D eigenvalue weighted by molar-refractivity contribution is -0.128. The molecule has 1 saturated heterocycles. The Morgan fingerprint density at radius 1 is 1.65 bits per heavy atom. The van der Waals surface area contributed by atoms with Crippen LogP contribution in [0.3, 0.4) is 0 Å². The van der Waals surface area contributed by atoms with Crippen LogP contribution in [-0.4, -0.2) is 62.7 Å². The molecule has 1 heterocycles. The first kappa shape index (κ1) is 13.9. The number of likely N-dealkylation sites (N-methyl/N-ethyl adjacent to an activating group) is 1. The van der Waals surface area contributed by atoms with Crippen molar-refractivity contribution in [3.63, 3.8) is 0 Å². The van der Waals surface area contributed by atoms with Crippen LogP contribution in [0.1, 0.15) is 13.3 Å². The minimum atomic E-state index is -0.219. The summed E-state index contributed by atoms with van der Waals surface area (Å²) in [7, 11) is 3.36. The Morgan fingerprint density at radius 2 is 2.35 bits per heavy atom. The van der Waals surface area contributed by atoms with Crippen molar-refractivity contribution < 1.29 is 14.3 Å². The van der Waals surface area contributed by atoms with E-state index in [9.17, 15) is 9.59 Å². The molecule has 1 aliphatic rings. The summed E-state index contributed by atoms with van der Waals surface area (Å²) in [5, 5.41) is 5.74. The number of carbonyl (C=O) groups is 2. The summed E-state index contributed by atoms with van der Waals surface area (Å²) in [4.78, 5) is 24.7. The van der Waals surface area contributed by atoms with Gasteiger partial charge in [-0.05, 0) is 13.3 Å². The number of hydrogen-bond acceptors (Lipinski definition) is 4. The molecule has 2 atom stereocenters. The van der Waals surface area contributed by atoms with Gasteiger partial charge in [0.2, 0.25) is 11.8 Å². The number of nitrogens with one attached hydrogen (secondary N) is 2. The van der Waals surface area contributed by atoms with Gasteiger partial charge in [-0.1, -0.05) is 0 Å². The topological polar surface area (TPSA) is 70.7 Å².